The third kappa shape index (κ3) is 2.79. The van der Waals surface area contributed by atoms with Crippen molar-refractivity contribution < 1.29 is 0 Å². The van der Waals surface area contributed by atoms with Gasteiger partial charge in [0, 0.05) is 43.3 Å². The minimum Gasteiger partial charge on any atom is -0.308 e. The van der Waals surface area contributed by atoms with Gasteiger partial charge in [-0.15, -0.1) is 0 Å². The van der Waals surface area contributed by atoms with Crippen molar-refractivity contribution in [2.75, 3.05) is 0 Å². The molecule has 0 bridgehead atoms. The molecule has 1 N–H and O–H groups in total. The van der Waals surface area contributed by atoms with Crippen LogP contribution in [0.25, 0.3) is 0 Å². The Morgan fingerprint density at radius 2 is 2.17 bits per heavy atom. The minimum absolute atomic E-state index is 0.379. The number of hydrogen-bond acceptors (Lipinski definition) is 3. The molecule has 0 aliphatic heterocycles. The van der Waals surface area contributed by atoms with Crippen molar-refractivity contribution in [1.82, 2.24) is 24.9 Å². The Morgan fingerprint density at radius 3 is 2.72 bits per heavy atom. The van der Waals surface area contributed by atoms with Crippen molar-refractivity contribution >= 4 is 0 Å². The quantitative estimate of drug-likeness (QED) is 0.869. The molecule has 0 saturated heterocycles. The molecule has 5 heteroatoms. The highest BCUT2D eigenvalue weighted by Gasteiger charge is 2.10. The summed E-state index contributed by atoms with van der Waals surface area (Å²) < 4.78 is 3.88. The molecule has 0 aromatic carbocycles. The van der Waals surface area contributed by atoms with Crippen LogP contribution in [0.4, 0.5) is 0 Å². The van der Waals surface area contributed by atoms with Gasteiger partial charge >= 0.3 is 0 Å². The van der Waals surface area contributed by atoms with E-state index < -0.39 is 0 Å². The molecule has 98 valence electrons. The van der Waals surface area contributed by atoms with Gasteiger partial charge in [-0.25, -0.2) is 0 Å². The standard InChI is InChI=1S/C13H21N5/c1-10(9-18-7-5-6-15-18)14-8-13-11(2)16-17(4)12(13)3/h5-7,10,14H,8-9H2,1-4H3. The lowest BCUT2D eigenvalue weighted by molar-refractivity contribution is 0.450. The van der Waals surface area contributed by atoms with E-state index in [4.69, 9.17) is 0 Å². The molecule has 0 spiro atoms. The fourth-order valence-electron chi connectivity index (χ4n) is 2.10. The average Bonchev–Trinajstić information content (AvgIpc) is 2.88. The zero-order valence-electron chi connectivity index (χ0n) is 11.5. The van der Waals surface area contributed by atoms with Crippen LogP contribution in [0.2, 0.25) is 0 Å². The van der Waals surface area contributed by atoms with Gasteiger partial charge in [0.15, 0.2) is 0 Å². The summed E-state index contributed by atoms with van der Waals surface area (Å²) in [5, 5.41) is 12.2. The second kappa shape index (κ2) is 5.35. The van der Waals surface area contributed by atoms with Gasteiger partial charge < -0.3 is 5.32 Å². The summed E-state index contributed by atoms with van der Waals surface area (Å²) in [5.74, 6) is 0. The fraction of sp³-hybridized carbons (Fsp3) is 0.538. The Balaban J connectivity index is 1.91. The van der Waals surface area contributed by atoms with E-state index in [9.17, 15) is 0 Å². The van der Waals surface area contributed by atoms with E-state index >= 15 is 0 Å². The van der Waals surface area contributed by atoms with Gasteiger partial charge in [-0.05, 0) is 26.8 Å². The fourth-order valence-corrected chi connectivity index (χ4v) is 2.10. The van der Waals surface area contributed by atoms with Gasteiger partial charge in [-0.1, -0.05) is 0 Å². The molecule has 5 nitrogen and oxygen atoms in total. The van der Waals surface area contributed by atoms with Crippen LogP contribution >= 0.6 is 0 Å². The zero-order chi connectivity index (χ0) is 13.1. The van der Waals surface area contributed by atoms with E-state index in [1.165, 1.54) is 11.3 Å². The largest absolute Gasteiger partial charge is 0.308 e. The number of aryl methyl sites for hydroxylation is 2. The maximum Gasteiger partial charge on any atom is 0.0641 e. The summed E-state index contributed by atoms with van der Waals surface area (Å²) in [5.41, 5.74) is 3.63. The second-order valence-electron chi connectivity index (χ2n) is 4.78. The predicted molar refractivity (Wildman–Crippen MR) is 71.2 cm³/mol. The van der Waals surface area contributed by atoms with Crippen LogP contribution in [-0.4, -0.2) is 25.6 Å². The van der Waals surface area contributed by atoms with Crippen LogP contribution in [0.15, 0.2) is 18.5 Å². The van der Waals surface area contributed by atoms with Gasteiger partial charge in [0.1, 0.15) is 0 Å². The van der Waals surface area contributed by atoms with E-state index in [0.717, 1.165) is 18.8 Å². The Bertz CT molecular complexity index is 498. The Kier molecular flexibility index (Phi) is 3.81. The molecule has 0 aliphatic carbocycles. The first kappa shape index (κ1) is 12.8. The number of rotatable bonds is 5. The highest BCUT2D eigenvalue weighted by atomic mass is 15.3. The van der Waals surface area contributed by atoms with Gasteiger partial charge in [0.05, 0.1) is 12.2 Å². The maximum absolute atomic E-state index is 4.42. The van der Waals surface area contributed by atoms with Crippen LogP contribution in [-0.2, 0) is 20.1 Å². The van der Waals surface area contributed by atoms with E-state index in [0.29, 0.717) is 6.04 Å². The number of hydrogen-bond donors (Lipinski definition) is 1. The molecule has 2 aromatic heterocycles. The first-order chi connectivity index (χ1) is 8.58. The summed E-state index contributed by atoms with van der Waals surface area (Å²) in [6, 6.07) is 2.33. The molecule has 0 radical (unpaired) electrons. The molecule has 0 fully saturated rings. The molecular weight excluding hydrogens is 226 g/mol. The molecule has 1 unspecified atom stereocenters. The molecule has 2 aromatic rings. The van der Waals surface area contributed by atoms with Gasteiger partial charge in [0.2, 0.25) is 0 Å². The maximum atomic E-state index is 4.42. The molecule has 2 heterocycles. The monoisotopic (exact) mass is 247 g/mol. The highest BCUT2D eigenvalue weighted by Crippen LogP contribution is 2.11. The molecule has 1 atom stereocenters. The number of nitrogens with zero attached hydrogens (tertiary/aromatic N) is 4. The molecule has 18 heavy (non-hydrogen) atoms. The Morgan fingerprint density at radius 1 is 1.39 bits per heavy atom. The summed E-state index contributed by atoms with van der Waals surface area (Å²) in [6.07, 6.45) is 3.79. The topological polar surface area (TPSA) is 47.7 Å². The average molecular weight is 247 g/mol. The Hall–Kier alpha value is -1.62. The summed E-state index contributed by atoms with van der Waals surface area (Å²) in [6.45, 7) is 8.07. The molecule has 0 amide bonds. The first-order valence-corrected chi connectivity index (χ1v) is 6.28. The van der Waals surface area contributed by atoms with Crippen LogP contribution in [0.5, 0.6) is 0 Å². The van der Waals surface area contributed by atoms with Crippen LogP contribution in [0.1, 0.15) is 23.9 Å². The SMILES string of the molecule is Cc1nn(C)c(C)c1CNC(C)Cn1cccn1. The van der Waals surface area contributed by atoms with Crippen molar-refractivity contribution in [3.8, 4) is 0 Å². The zero-order valence-corrected chi connectivity index (χ0v) is 11.5. The van der Waals surface area contributed by atoms with E-state index in [1.807, 2.05) is 34.9 Å². The molecule has 0 saturated carbocycles. The van der Waals surface area contributed by atoms with Crippen LogP contribution in [0, 0.1) is 13.8 Å². The van der Waals surface area contributed by atoms with Crippen molar-refractivity contribution in [3.63, 3.8) is 0 Å². The molecule has 2 rings (SSSR count). The lowest BCUT2D eigenvalue weighted by atomic mass is 10.2. The Labute approximate surface area is 108 Å². The van der Waals surface area contributed by atoms with E-state index in [-0.39, 0.29) is 0 Å². The lowest BCUT2D eigenvalue weighted by Gasteiger charge is -2.14. The first-order valence-electron chi connectivity index (χ1n) is 6.28. The van der Waals surface area contributed by atoms with E-state index in [1.54, 1.807) is 0 Å². The van der Waals surface area contributed by atoms with E-state index in [2.05, 4.69) is 36.3 Å². The highest BCUT2D eigenvalue weighted by molar-refractivity contribution is 5.24. The normalized spacial score (nSPS) is 12.9. The number of nitrogens with one attached hydrogen (secondary N) is 1. The summed E-state index contributed by atoms with van der Waals surface area (Å²) in [7, 11) is 1.99. The molecular formula is C13H21N5. The summed E-state index contributed by atoms with van der Waals surface area (Å²) in [4.78, 5) is 0. The van der Waals surface area contributed by atoms with Gasteiger partial charge in [0.25, 0.3) is 0 Å². The third-order valence-electron chi connectivity index (χ3n) is 3.31. The van der Waals surface area contributed by atoms with Crippen LogP contribution in [0.3, 0.4) is 0 Å². The van der Waals surface area contributed by atoms with Gasteiger partial charge in [-0.2, -0.15) is 10.2 Å². The second-order valence-corrected chi connectivity index (χ2v) is 4.78. The van der Waals surface area contributed by atoms with Crippen molar-refractivity contribution in [1.29, 1.82) is 0 Å². The van der Waals surface area contributed by atoms with Crippen LogP contribution < -0.4 is 5.32 Å². The summed E-state index contributed by atoms with van der Waals surface area (Å²) >= 11 is 0. The number of aromatic nitrogens is 4. The van der Waals surface area contributed by atoms with Gasteiger partial charge in [-0.3, -0.25) is 9.36 Å². The predicted octanol–water partition coefficient (Wildman–Crippen LogP) is 1.41. The smallest absolute Gasteiger partial charge is 0.0641 e. The third-order valence-corrected chi connectivity index (χ3v) is 3.31. The van der Waals surface area contributed by atoms with Crippen molar-refractivity contribution in [2.45, 2.75) is 39.9 Å². The molecule has 0 aliphatic rings. The van der Waals surface area contributed by atoms with Crippen molar-refractivity contribution in [2.24, 2.45) is 7.05 Å². The lowest BCUT2D eigenvalue weighted by Crippen LogP contribution is -2.30. The van der Waals surface area contributed by atoms with Crippen molar-refractivity contribution in [3.05, 3.63) is 35.4 Å². The minimum atomic E-state index is 0.379.